The van der Waals surface area contributed by atoms with Gasteiger partial charge in [-0.25, -0.2) is 0 Å². The molecule has 0 aliphatic heterocycles. The monoisotopic (exact) mass is 224 g/mol. The number of hydrogen-bond donors (Lipinski definition) is 1. The summed E-state index contributed by atoms with van der Waals surface area (Å²) in [5.41, 5.74) is 0.210. The molecule has 0 aromatic rings. The van der Waals surface area contributed by atoms with Crippen molar-refractivity contribution in [3.05, 3.63) is 25.3 Å². The third kappa shape index (κ3) is 7.66. The summed E-state index contributed by atoms with van der Waals surface area (Å²) in [5.74, 6) is 0. The van der Waals surface area contributed by atoms with Gasteiger partial charge in [-0.05, 0) is 40.7 Å². The molecule has 0 aromatic carbocycles. The van der Waals surface area contributed by atoms with Gasteiger partial charge in [0.25, 0.3) is 0 Å². The minimum absolute atomic E-state index is 0.210. The van der Waals surface area contributed by atoms with Crippen molar-refractivity contribution in [1.29, 1.82) is 0 Å². The molecule has 0 fully saturated rings. The maximum atomic E-state index is 3.79. The van der Waals surface area contributed by atoms with Gasteiger partial charge in [-0.15, -0.1) is 13.2 Å². The highest BCUT2D eigenvalue weighted by atomic mass is 15.1. The minimum Gasteiger partial charge on any atom is -0.312 e. The Morgan fingerprint density at radius 1 is 1.19 bits per heavy atom. The second-order valence-corrected chi connectivity index (χ2v) is 5.35. The molecule has 0 bridgehead atoms. The fourth-order valence-corrected chi connectivity index (χ4v) is 1.60. The first-order chi connectivity index (χ1) is 7.40. The van der Waals surface area contributed by atoms with E-state index in [2.05, 4.69) is 51.1 Å². The molecule has 0 aliphatic rings. The molecule has 0 rings (SSSR count). The summed E-state index contributed by atoms with van der Waals surface area (Å²) in [4.78, 5) is 2.38. The summed E-state index contributed by atoms with van der Waals surface area (Å²) in [6.45, 7) is 19.4. The van der Waals surface area contributed by atoms with Crippen LogP contribution in [-0.4, -0.2) is 36.1 Å². The first kappa shape index (κ1) is 15.4. The molecule has 1 unspecified atom stereocenters. The van der Waals surface area contributed by atoms with Crippen molar-refractivity contribution in [3.8, 4) is 0 Å². The van der Waals surface area contributed by atoms with E-state index >= 15 is 0 Å². The van der Waals surface area contributed by atoms with E-state index in [1.807, 2.05) is 12.2 Å². The van der Waals surface area contributed by atoms with Gasteiger partial charge in [0, 0.05) is 24.7 Å². The number of nitrogens with one attached hydrogen (secondary N) is 1. The van der Waals surface area contributed by atoms with Gasteiger partial charge in [-0.3, -0.25) is 4.90 Å². The standard InChI is InChI=1S/C14H28N2/c1-7-11-16(12-8-2)13(3)9-10-15-14(4,5)6/h7-8,13,15H,1-2,9-12H2,3-6H3. The zero-order chi connectivity index (χ0) is 12.6. The van der Waals surface area contributed by atoms with Crippen LogP contribution in [0.5, 0.6) is 0 Å². The fourth-order valence-electron chi connectivity index (χ4n) is 1.60. The number of hydrogen-bond acceptors (Lipinski definition) is 2. The molecule has 1 atom stereocenters. The summed E-state index contributed by atoms with van der Waals surface area (Å²) in [6, 6.07) is 0.561. The van der Waals surface area contributed by atoms with Crippen LogP contribution in [0, 0.1) is 0 Å². The van der Waals surface area contributed by atoms with E-state index in [0.717, 1.165) is 26.1 Å². The van der Waals surface area contributed by atoms with Crippen molar-refractivity contribution in [2.24, 2.45) is 0 Å². The predicted octanol–water partition coefficient (Wildman–Crippen LogP) is 2.83. The van der Waals surface area contributed by atoms with Crippen LogP contribution >= 0.6 is 0 Å². The Labute approximate surface area is 101 Å². The second-order valence-electron chi connectivity index (χ2n) is 5.35. The molecule has 0 saturated heterocycles. The smallest absolute Gasteiger partial charge is 0.0166 e. The van der Waals surface area contributed by atoms with Crippen molar-refractivity contribution < 1.29 is 0 Å². The van der Waals surface area contributed by atoms with Crippen molar-refractivity contribution in [1.82, 2.24) is 10.2 Å². The lowest BCUT2D eigenvalue weighted by Gasteiger charge is -2.28. The number of rotatable bonds is 8. The van der Waals surface area contributed by atoms with E-state index in [0.29, 0.717) is 6.04 Å². The highest BCUT2D eigenvalue weighted by Gasteiger charge is 2.13. The van der Waals surface area contributed by atoms with Gasteiger partial charge in [0.15, 0.2) is 0 Å². The van der Waals surface area contributed by atoms with Gasteiger partial charge < -0.3 is 5.32 Å². The van der Waals surface area contributed by atoms with E-state index in [-0.39, 0.29) is 5.54 Å². The molecule has 94 valence electrons. The zero-order valence-corrected chi connectivity index (χ0v) is 11.4. The fraction of sp³-hybridized carbons (Fsp3) is 0.714. The summed E-state index contributed by atoms with van der Waals surface area (Å²) in [5, 5.41) is 3.51. The quantitative estimate of drug-likeness (QED) is 0.638. The van der Waals surface area contributed by atoms with Crippen molar-refractivity contribution in [2.75, 3.05) is 19.6 Å². The summed E-state index contributed by atoms with van der Waals surface area (Å²) >= 11 is 0. The largest absolute Gasteiger partial charge is 0.312 e. The maximum absolute atomic E-state index is 3.79. The summed E-state index contributed by atoms with van der Waals surface area (Å²) < 4.78 is 0. The Kier molecular flexibility index (Phi) is 7.35. The molecule has 1 N–H and O–H groups in total. The maximum Gasteiger partial charge on any atom is 0.0166 e. The Morgan fingerprint density at radius 3 is 2.06 bits per heavy atom. The van der Waals surface area contributed by atoms with Gasteiger partial charge in [-0.2, -0.15) is 0 Å². The van der Waals surface area contributed by atoms with E-state index in [1.165, 1.54) is 0 Å². The third-order valence-corrected chi connectivity index (χ3v) is 2.57. The van der Waals surface area contributed by atoms with Gasteiger partial charge >= 0.3 is 0 Å². The average Bonchev–Trinajstić information content (AvgIpc) is 2.15. The normalized spacial score (nSPS) is 13.8. The van der Waals surface area contributed by atoms with E-state index in [1.54, 1.807) is 0 Å². The average molecular weight is 224 g/mol. The molecule has 0 heterocycles. The molecule has 2 nitrogen and oxygen atoms in total. The molecule has 0 saturated carbocycles. The molecular formula is C14H28N2. The lowest BCUT2D eigenvalue weighted by atomic mass is 10.1. The highest BCUT2D eigenvalue weighted by molar-refractivity contribution is 4.83. The highest BCUT2D eigenvalue weighted by Crippen LogP contribution is 2.05. The Balaban J connectivity index is 3.94. The Bertz CT molecular complexity index is 193. The molecule has 0 aromatic heterocycles. The first-order valence-corrected chi connectivity index (χ1v) is 6.11. The van der Waals surface area contributed by atoms with E-state index in [9.17, 15) is 0 Å². The lowest BCUT2D eigenvalue weighted by Crippen LogP contribution is -2.40. The predicted molar refractivity (Wildman–Crippen MR) is 73.8 cm³/mol. The van der Waals surface area contributed by atoms with Gasteiger partial charge in [0.1, 0.15) is 0 Å². The lowest BCUT2D eigenvalue weighted by molar-refractivity contribution is 0.237. The van der Waals surface area contributed by atoms with Gasteiger partial charge in [-0.1, -0.05) is 12.2 Å². The van der Waals surface area contributed by atoms with Gasteiger partial charge in [0.05, 0.1) is 0 Å². The van der Waals surface area contributed by atoms with Crippen LogP contribution in [0.25, 0.3) is 0 Å². The molecule has 0 amide bonds. The third-order valence-electron chi connectivity index (χ3n) is 2.57. The van der Waals surface area contributed by atoms with Crippen LogP contribution in [0.3, 0.4) is 0 Å². The van der Waals surface area contributed by atoms with E-state index in [4.69, 9.17) is 0 Å². The van der Waals surface area contributed by atoms with Crippen LogP contribution in [0.2, 0.25) is 0 Å². The van der Waals surface area contributed by atoms with E-state index < -0.39 is 0 Å². The molecule has 16 heavy (non-hydrogen) atoms. The summed E-state index contributed by atoms with van der Waals surface area (Å²) in [6.07, 6.45) is 5.06. The molecule has 0 spiro atoms. The van der Waals surface area contributed by atoms with Crippen LogP contribution < -0.4 is 5.32 Å². The molecule has 0 aliphatic carbocycles. The summed E-state index contributed by atoms with van der Waals surface area (Å²) in [7, 11) is 0. The first-order valence-electron chi connectivity index (χ1n) is 6.11. The van der Waals surface area contributed by atoms with Crippen LogP contribution in [0.1, 0.15) is 34.1 Å². The molecule has 2 heteroatoms. The minimum atomic E-state index is 0.210. The van der Waals surface area contributed by atoms with Crippen LogP contribution in [0.15, 0.2) is 25.3 Å². The van der Waals surface area contributed by atoms with Gasteiger partial charge in [0.2, 0.25) is 0 Å². The Hall–Kier alpha value is -0.600. The Morgan fingerprint density at radius 2 is 1.69 bits per heavy atom. The van der Waals surface area contributed by atoms with Crippen molar-refractivity contribution in [3.63, 3.8) is 0 Å². The van der Waals surface area contributed by atoms with Crippen molar-refractivity contribution in [2.45, 2.75) is 45.7 Å². The number of nitrogens with zero attached hydrogens (tertiary/aromatic N) is 1. The topological polar surface area (TPSA) is 15.3 Å². The second kappa shape index (κ2) is 7.64. The molecular weight excluding hydrogens is 196 g/mol. The van der Waals surface area contributed by atoms with Crippen molar-refractivity contribution >= 4 is 0 Å². The zero-order valence-electron chi connectivity index (χ0n) is 11.4. The van der Waals surface area contributed by atoms with Crippen LogP contribution in [-0.2, 0) is 0 Å². The van der Waals surface area contributed by atoms with Crippen LogP contribution in [0.4, 0.5) is 0 Å². The SMILES string of the molecule is C=CCN(CC=C)C(C)CCNC(C)(C)C. The molecule has 0 radical (unpaired) electrons.